The summed E-state index contributed by atoms with van der Waals surface area (Å²) in [6.45, 7) is 3.11. The summed E-state index contributed by atoms with van der Waals surface area (Å²) in [6.07, 6.45) is 2.38. The zero-order valence-corrected chi connectivity index (χ0v) is 14.9. The van der Waals surface area contributed by atoms with Crippen LogP contribution in [0.15, 0.2) is 22.7 Å². The third-order valence-corrected chi connectivity index (χ3v) is 4.34. The summed E-state index contributed by atoms with van der Waals surface area (Å²) in [6, 6.07) is 4.99. The van der Waals surface area contributed by atoms with Gasteiger partial charge in [0.2, 0.25) is 17.6 Å². The van der Waals surface area contributed by atoms with Crippen LogP contribution in [0.2, 0.25) is 0 Å². The number of nitrogens with two attached hydrogens (primary N) is 1. The Morgan fingerprint density at radius 1 is 1.40 bits per heavy atom. The zero-order valence-electron chi connectivity index (χ0n) is 14.1. The van der Waals surface area contributed by atoms with Gasteiger partial charge in [0.05, 0.1) is 0 Å². The van der Waals surface area contributed by atoms with Crippen LogP contribution in [0, 0.1) is 12.7 Å². The van der Waals surface area contributed by atoms with Gasteiger partial charge in [0, 0.05) is 37.5 Å². The number of halogens is 2. The van der Waals surface area contributed by atoms with Gasteiger partial charge in [0.15, 0.2) is 0 Å². The summed E-state index contributed by atoms with van der Waals surface area (Å²) in [7, 11) is 0. The molecule has 1 aromatic heterocycles. The summed E-state index contributed by atoms with van der Waals surface area (Å²) in [4.78, 5) is 18.3. The van der Waals surface area contributed by atoms with Crippen LogP contribution >= 0.6 is 12.4 Å². The molecule has 1 aliphatic heterocycles. The molecule has 1 saturated heterocycles. The highest BCUT2D eigenvalue weighted by Gasteiger charge is 2.21. The maximum atomic E-state index is 13.6. The van der Waals surface area contributed by atoms with E-state index in [1.165, 1.54) is 6.07 Å². The second-order valence-corrected chi connectivity index (χ2v) is 6.19. The maximum Gasteiger partial charge on any atom is 0.227 e. The molecule has 0 unspecified atom stereocenters. The van der Waals surface area contributed by atoms with Crippen molar-refractivity contribution in [3.63, 3.8) is 0 Å². The van der Waals surface area contributed by atoms with Crippen LogP contribution in [0.3, 0.4) is 0 Å². The van der Waals surface area contributed by atoms with E-state index in [1.807, 2.05) is 4.90 Å². The predicted molar refractivity (Wildman–Crippen MR) is 93.8 cm³/mol. The lowest BCUT2D eigenvalue weighted by Crippen LogP contribution is -2.42. The number of nitrogens with zero attached hydrogens (tertiary/aromatic N) is 3. The summed E-state index contributed by atoms with van der Waals surface area (Å²) in [5.74, 6) is 0.480. The number of carbonyl (C=O) groups excluding carboxylic acids is 1. The van der Waals surface area contributed by atoms with E-state index in [0.717, 1.165) is 12.8 Å². The van der Waals surface area contributed by atoms with Crippen LogP contribution in [0.5, 0.6) is 0 Å². The fraction of sp³-hybridized carbons (Fsp3) is 0.471. The molecule has 0 bridgehead atoms. The molecule has 3 rings (SSSR count). The van der Waals surface area contributed by atoms with Gasteiger partial charge in [-0.15, -0.1) is 12.4 Å². The van der Waals surface area contributed by atoms with Gasteiger partial charge in [-0.1, -0.05) is 17.3 Å². The van der Waals surface area contributed by atoms with E-state index >= 15 is 0 Å². The summed E-state index contributed by atoms with van der Waals surface area (Å²) in [5, 5.41) is 3.86. The number of hydrogen-bond donors (Lipinski definition) is 1. The average molecular weight is 369 g/mol. The van der Waals surface area contributed by atoms with Gasteiger partial charge in [0.25, 0.3) is 0 Å². The Morgan fingerprint density at radius 2 is 2.12 bits per heavy atom. The topological polar surface area (TPSA) is 85.2 Å². The second kappa shape index (κ2) is 8.40. The van der Waals surface area contributed by atoms with Crippen molar-refractivity contribution in [3.8, 4) is 11.4 Å². The molecule has 8 heteroatoms. The Balaban J connectivity index is 0.00000225. The second-order valence-electron chi connectivity index (χ2n) is 6.19. The number of aryl methyl sites for hydroxylation is 2. The van der Waals surface area contributed by atoms with Crippen LogP contribution in [-0.2, 0) is 11.2 Å². The lowest BCUT2D eigenvalue weighted by atomic mass is 10.1. The van der Waals surface area contributed by atoms with Crippen molar-refractivity contribution in [3.05, 3.63) is 35.5 Å². The molecule has 2 aromatic rings. The minimum Gasteiger partial charge on any atom is -0.343 e. The normalized spacial score (nSPS) is 15.1. The van der Waals surface area contributed by atoms with Crippen LogP contribution in [0.25, 0.3) is 11.4 Å². The highest BCUT2D eigenvalue weighted by molar-refractivity contribution is 5.85. The number of amides is 1. The molecule has 0 saturated carbocycles. The first kappa shape index (κ1) is 19.3. The van der Waals surface area contributed by atoms with E-state index in [4.69, 9.17) is 10.3 Å². The van der Waals surface area contributed by atoms with Crippen molar-refractivity contribution in [2.45, 2.75) is 38.6 Å². The van der Waals surface area contributed by atoms with E-state index in [1.54, 1.807) is 19.1 Å². The largest absolute Gasteiger partial charge is 0.343 e. The van der Waals surface area contributed by atoms with Crippen LogP contribution < -0.4 is 5.73 Å². The first-order valence-electron chi connectivity index (χ1n) is 8.15. The van der Waals surface area contributed by atoms with Gasteiger partial charge in [-0.3, -0.25) is 4.79 Å². The van der Waals surface area contributed by atoms with Gasteiger partial charge in [-0.25, -0.2) is 4.39 Å². The number of piperidine rings is 1. The van der Waals surface area contributed by atoms with E-state index in [2.05, 4.69) is 10.1 Å². The minimum absolute atomic E-state index is 0. The molecule has 2 N–H and O–H groups in total. The molecule has 1 aromatic carbocycles. The van der Waals surface area contributed by atoms with Crippen molar-refractivity contribution in [1.82, 2.24) is 15.0 Å². The summed E-state index contributed by atoms with van der Waals surface area (Å²) < 4.78 is 18.8. The van der Waals surface area contributed by atoms with Gasteiger partial charge in [0.1, 0.15) is 5.82 Å². The zero-order chi connectivity index (χ0) is 17.1. The van der Waals surface area contributed by atoms with E-state index in [-0.39, 0.29) is 30.2 Å². The summed E-state index contributed by atoms with van der Waals surface area (Å²) >= 11 is 0. The van der Waals surface area contributed by atoms with Gasteiger partial charge < -0.3 is 15.2 Å². The van der Waals surface area contributed by atoms with Crippen molar-refractivity contribution in [1.29, 1.82) is 0 Å². The fourth-order valence-corrected chi connectivity index (χ4v) is 2.73. The van der Waals surface area contributed by atoms with Gasteiger partial charge in [-0.05, 0) is 31.4 Å². The monoisotopic (exact) mass is 368 g/mol. The molecule has 6 nitrogen and oxygen atoms in total. The van der Waals surface area contributed by atoms with Crippen LogP contribution in [0.4, 0.5) is 4.39 Å². The average Bonchev–Trinajstić information content (AvgIpc) is 3.05. The Bertz CT molecular complexity index is 729. The van der Waals surface area contributed by atoms with Gasteiger partial charge >= 0.3 is 0 Å². The summed E-state index contributed by atoms with van der Waals surface area (Å²) in [5.41, 5.74) is 6.97. The third-order valence-electron chi connectivity index (χ3n) is 4.34. The molecule has 1 fully saturated rings. The molecular weight excluding hydrogens is 347 g/mol. The fourth-order valence-electron chi connectivity index (χ4n) is 2.73. The molecule has 1 amide bonds. The Kier molecular flexibility index (Phi) is 6.50. The van der Waals surface area contributed by atoms with Crippen molar-refractivity contribution in [2.75, 3.05) is 13.1 Å². The molecular formula is C17H22ClFN4O2. The molecule has 25 heavy (non-hydrogen) atoms. The van der Waals surface area contributed by atoms with Crippen molar-refractivity contribution in [2.24, 2.45) is 5.73 Å². The highest BCUT2D eigenvalue weighted by atomic mass is 35.5. The Hall–Kier alpha value is -1.99. The van der Waals surface area contributed by atoms with Crippen LogP contribution in [0.1, 0.15) is 30.7 Å². The third kappa shape index (κ3) is 4.76. The quantitative estimate of drug-likeness (QED) is 0.896. The van der Waals surface area contributed by atoms with Crippen LogP contribution in [-0.4, -0.2) is 40.1 Å². The lowest BCUT2D eigenvalue weighted by Gasteiger charge is -2.30. The smallest absolute Gasteiger partial charge is 0.227 e. The highest BCUT2D eigenvalue weighted by Crippen LogP contribution is 2.19. The first-order valence-corrected chi connectivity index (χ1v) is 8.15. The van der Waals surface area contributed by atoms with E-state index in [9.17, 15) is 9.18 Å². The predicted octanol–water partition coefficient (Wildman–Crippen LogP) is 2.49. The molecule has 0 radical (unpaired) electrons. The molecule has 0 atom stereocenters. The SMILES string of the molecule is Cc1ccc(-c2noc(CCC(=O)N3CCC(N)CC3)n2)cc1F.Cl. The lowest BCUT2D eigenvalue weighted by molar-refractivity contribution is -0.132. The number of carbonyl (C=O) groups is 1. The molecule has 136 valence electrons. The number of hydrogen-bond acceptors (Lipinski definition) is 5. The standard InChI is InChI=1S/C17H21FN4O2.ClH/c1-11-2-3-12(10-14(11)18)17-20-15(24-21-17)4-5-16(23)22-8-6-13(19)7-9-22;/h2-3,10,13H,4-9,19H2,1H3;1H. The maximum absolute atomic E-state index is 13.6. The van der Waals surface area contributed by atoms with E-state index in [0.29, 0.717) is 48.8 Å². The van der Waals surface area contributed by atoms with E-state index < -0.39 is 0 Å². The molecule has 0 spiro atoms. The van der Waals surface area contributed by atoms with Gasteiger partial charge in [-0.2, -0.15) is 4.98 Å². The Labute approximate surface area is 152 Å². The minimum atomic E-state index is -0.308. The number of aromatic nitrogens is 2. The molecule has 1 aliphatic rings. The molecule has 2 heterocycles. The Morgan fingerprint density at radius 3 is 2.80 bits per heavy atom. The molecule has 0 aliphatic carbocycles. The van der Waals surface area contributed by atoms with Crippen molar-refractivity contribution < 1.29 is 13.7 Å². The number of likely N-dealkylation sites (tertiary alicyclic amines) is 1. The number of benzene rings is 1. The number of rotatable bonds is 4. The van der Waals surface area contributed by atoms with Crippen molar-refractivity contribution >= 4 is 18.3 Å². The first-order chi connectivity index (χ1) is 11.5.